The molecule has 0 heterocycles. The van der Waals surface area contributed by atoms with E-state index in [1.54, 1.807) is 18.2 Å². The van der Waals surface area contributed by atoms with Crippen LogP contribution in [0.15, 0.2) is 48.5 Å². The monoisotopic (exact) mass is 257 g/mol. The second-order valence-corrected chi connectivity index (χ2v) is 4.63. The van der Waals surface area contributed by atoms with Crippen molar-refractivity contribution in [2.24, 2.45) is 5.73 Å². The van der Waals surface area contributed by atoms with Gasteiger partial charge in [-0.05, 0) is 24.6 Å². The van der Waals surface area contributed by atoms with Gasteiger partial charge in [-0.15, -0.1) is 0 Å². The minimum Gasteiger partial charge on any atom is -0.504 e. The molecule has 0 aliphatic heterocycles. The Bertz CT molecular complexity index is 540. The summed E-state index contributed by atoms with van der Waals surface area (Å²) in [6.45, 7) is 3.02. The Morgan fingerprint density at radius 1 is 1.16 bits per heavy atom. The Kier molecular flexibility index (Phi) is 4.42. The molecule has 0 radical (unpaired) electrons. The van der Waals surface area contributed by atoms with Crippen LogP contribution >= 0.6 is 0 Å². The van der Waals surface area contributed by atoms with E-state index in [-0.39, 0.29) is 11.7 Å². The molecule has 0 aliphatic rings. The Balaban J connectivity index is 2.06. The second-order valence-electron chi connectivity index (χ2n) is 4.63. The maximum absolute atomic E-state index is 9.65. The molecular formula is C16H19NO2. The number of hydrogen-bond acceptors (Lipinski definition) is 3. The number of ether oxygens (including phenoxy) is 1. The number of aryl methyl sites for hydroxylation is 1. The Morgan fingerprint density at radius 3 is 2.63 bits per heavy atom. The van der Waals surface area contributed by atoms with Gasteiger partial charge in [0.05, 0.1) is 6.61 Å². The van der Waals surface area contributed by atoms with Gasteiger partial charge < -0.3 is 15.6 Å². The highest BCUT2D eigenvalue weighted by Crippen LogP contribution is 2.26. The molecule has 2 aromatic carbocycles. The van der Waals surface area contributed by atoms with E-state index in [2.05, 4.69) is 25.1 Å². The summed E-state index contributed by atoms with van der Waals surface area (Å²) in [5, 5.41) is 9.65. The highest BCUT2D eigenvalue weighted by molar-refractivity contribution is 5.38. The number of phenols is 1. The van der Waals surface area contributed by atoms with Crippen LogP contribution in [0.25, 0.3) is 0 Å². The van der Waals surface area contributed by atoms with Gasteiger partial charge in [-0.2, -0.15) is 0 Å². The molecular weight excluding hydrogens is 238 g/mol. The first kappa shape index (κ1) is 13.4. The van der Waals surface area contributed by atoms with E-state index in [9.17, 15) is 5.11 Å². The summed E-state index contributed by atoms with van der Waals surface area (Å²) < 4.78 is 5.65. The molecule has 1 atom stereocenters. The van der Waals surface area contributed by atoms with E-state index >= 15 is 0 Å². The maximum atomic E-state index is 9.65. The van der Waals surface area contributed by atoms with E-state index in [0.29, 0.717) is 18.9 Å². The summed E-state index contributed by atoms with van der Waals surface area (Å²) in [6, 6.07) is 15.2. The van der Waals surface area contributed by atoms with Gasteiger partial charge in [-0.3, -0.25) is 0 Å². The topological polar surface area (TPSA) is 55.5 Å². The lowest BCUT2D eigenvalue weighted by Gasteiger charge is -2.17. The Labute approximate surface area is 113 Å². The van der Waals surface area contributed by atoms with Gasteiger partial charge in [0.15, 0.2) is 11.5 Å². The number of phenolic OH excluding ortho intramolecular Hbond substituents is 1. The third-order valence-electron chi connectivity index (χ3n) is 3.10. The molecule has 2 rings (SSSR count). The first-order valence-electron chi connectivity index (χ1n) is 6.38. The lowest BCUT2D eigenvalue weighted by atomic mass is 9.98. The molecule has 0 aromatic heterocycles. The van der Waals surface area contributed by atoms with Crippen LogP contribution in [-0.2, 0) is 0 Å². The quantitative estimate of drug-likeness (QED) is 0.866. The highest BCUT2D eigenvalue weighted by Gasteiger charge is 2.12. The molecule has 3 heteroatoms. The fraction of sp³-hybridized carbons (Fsp3) is 0.250. The van der Waals surface area contributed by atoms with Gasteiger partial charge >= 0.3 is 0 Å². The number of rotatable bonds is 5. The van der Waals surface area contributed by atoms with Crippen molar-refractivity contribution in [2.45, 2.75) is 12.8 Å². The second kappa shape index (κ2) is 6.25. The summed E-state index contributed by atoms with van der Waals surface area (Å²) >= 11 is 0. The van der Waals surface area contributed by atoms with Crippen LogP contribution in [0, 0.1) is 6.92 Å². The van der Waals surface area contributed by atoms with Crippen LogP contribution in [0.4, 0.5) is 0 Å². The number of benzene rings is 2. The van der Waals surface area contributed by atoms with E-state index in [0.717, 1.165) is 5.56 Å². The smallest absolute Gasteiger partial charge is 0.160 e. The number of hydrogen-bond donors (Lipinski definition) is 2. The highest BCUT2D eigenvalue weighted by atomic mass is 16.5. The van der Waals surface area contributed by atoms with Crippen LogP contribution in [-0.4, -0.2) is 18.3 Å². The van der Waals surface area contributed by atoms with Gasteiger partial charge in [0.2, 0.25) is 0 Å². The van der Waals surface area contributed by atoms with Crippen molar-refractivity contribution >= 4 is 0 Å². The zero-order chi connectivity index (χ0) is 13.7. The molecule has 0 spiro atoms. The normalized spacial score (nSPS) is 12.1. The van der Waals surface area contributed by atoms with E-state index < -0.39 is 0 Å². The summed E-state index contributed by atoms with van der Waals surface area (Å²) in [5.74, 6) is 0.774. The zero-order valence-corrected chi connectivity index (χ0v) is 11.0. The molecule has 0 saturated heterocycles. The maximum Gasteiger partial charge on any atom is 0.160 e. The standard InChI is InChI=1S/C16H19NO2/c1-12-5-4-6-13(9-12)14(10-17)11-19-16-8-3-2-7-15(16)18/h2-9,14,18H,10-11,17H2,1H3. The van der Waals surface area contributed by atoms with Crippen LogP contribution in [0.5, 0.6) is 11.5 Å². The van der Waals surface area contributed by atoms with Gasteiger partial charge in [-0.1, -0.05) is 42.0 Å². The van der Waals surface area contributed by atoms with Crippen LogP contribution in [0.2, 0.25) is 0 Å². The largest absolute Gasteiger partial charge is 0.504 e. The average molecular weight is 257 g/mol. The minimum atomic E-state index is 0.125. The summed E-state index contributed by atoms with van der Waals surface area (Å²) in [7, 11) is 0. The molecule has 0 amide bonds. The molecule has 0 bridgehead atoms. The molecule has 19 heavy (non-hydrogen) atoms. The zero-order valence-electron chi connectivity index (χ0n) is 11.0. The fourth-order valence-corrected chi connectivity index (χ4v) is 1.99. The third-order valence-corrected chi connectivity index (χ3v) is 3.10. The van der Waals surface area contributed by atoms with Crippen molar-refractivity contribution in [1.82, 2.24) is 0 Å². The number of aromatic hydroxyl groups is 1. The van der Waals surface area contributed by atoms with Crippen LogP contribution in [0.3, 0.4) is 0 Å². The Morgan fingerprint density at radius 2 is 1.95 bits per heavy atom. The van der Waals surface area contributed by atoms with Gasteiger partial charge in [-0.25, -0.2) is 0 Å². The minimum absolute atomic E-state index is 0.125. The van der Waals surface area contributed by atoms with Crippen molar-refractivity contribution in [3.05, 3.63) is 59.7 Å². The number of nitrogens with two attached hydrogens (primary N) is 1. The molecule has 100 valence electrons. The molecule has 1 unspecified atom stereocenters. The van der Waals surface area contributed by atoms with Crippen molar-refractivity contribution in [3.63, 3.8) is 0 Å². The predicted octanol–water partition coefficient (Wildman–Crippen LogP) is 2.82. The Hall–Kier alpha value is -2.00. The van der Waals surface area contributed by atoms with Crippen LogP contribution in [0.1, 0.15) is 17.0 Å². The van der Waals surface area contributed by atoms with Gasteiger partial charge in [0.1, 0.15) is 0 Å². The van der Waals surface area contributed by atoms with E-state index in [4.69, 9.17) is 10.5 Å². The molecule has 0 fully saturated rings. The van der Waals surface area contributed by atoms with Crippen LogP contribution < -0.4 is 10.5 Å². The first-order valence-corrected chi connectivity index (χ1v) is 6.38. The summed E-state index contributed by atoms with van der Waals surface area (Å²) in [6.07, 6.45) is 0. The SMILES string of the molecule is Cc1cccc(C(CN)COc2ccccc2O)c1. The molecule has 2 aromatic rings. The summed E-state index contributed by atoms with van der Waals surface area (Å²) in [5.41, 5.74) is 8.19. The first-order chi connectivity index (χ1) is 9.20. The summed E-state index contributed by atoms with van der Waals surface area (Å²) in [4.78, 5) is 0. The third kappa shape index (κ3) is 3.48. The van der Waals surface area contributed by atoms with Crippen molar-refractivity contribution < 1.29 is 9.84 Å². The van der Waals surface area contributed by atoms with Gasteiger partial charge in [0.25, 0.3) is 0 Å². The van der Waals surface area contributed by atoms with Crippen molar-refractivity contribution in [1.29, 1.82) is 0 Å². The molecule has 0 aliphatic carbocycles. The predicted molar refractivity (Wildman–Crippen MR) is 76.6 cm³/mol. The molecule has 0 saturated carbocycles. The lowest BCUT2D eigenvalue weighted by molar-refractivity contribution is 0.276. The fourth-order valence-electron chi connectivity index (χ4n) is 1.99. The molecule has 3 nitrogen and oxygen atoms in total. The van der Waals surface area contributed by atoms with Crippen molar-refractivity contribution in [3.8, 4) is 11.5 Å². The van der Waals surface area contributed by atoms with E-state index in [1.165, 1.54) is 5.56 Å². The lowest BCUT2D eigenvalue weighted by Crippen LogP contribution is -2.19. The van der Waals surface area contributed by atoms with E-state index in [1.807, 2.05) is 12.1 Å². The average Bonchev–Trinajstić information content (AvgIpc) is 2.41. The van der Waals surface area contributed by atoms with Gasteiger partial charge in [0, 0.05) is 12.5 Å². The van der Waals surface area contributed by atoms with Crippen molar-refractivity contribution in [2.75, 3.05) is 13.2 Å². The molecule has 3 N–H and O–H groups in total. The number of para-hydroxylation sites is 2.